The maximum absolute atomic E-state index is 13.2. The monoisotopic (exact) mass is 452 g/mol. The van der Waals surface area contributed by atoms with Crippen LogP contribution in [0.2, 0.25) is 0 Å². The minimum atomic E-state index is -1.01. The number of nitrogens with two attached hydrogens (primary N) is 1. The van der Waals surface area contributed by atoms with Gasteiger partial charge < -0.3 is 16.4 Å². The van der Waals surface area contributed by atoms with Crippen molar-refractivity contribution in [3.8, 4) is 0 Å². The molecule has 1 aromatic carbocycles. The average molecular weight is 453 g/mol. The van der Waals surface area contributed by atoms with Crippen molar-refractivity contribution in [3.63, 3.8) is 0 Å². The molecule has 0 radical (unpaired) electrons. The van der Waals surface area contributed by atoms with Gasteiger partial charge in [-0.1, -0.05) is 24.3 Å². The zero-order chi connectivity index (χ0) is 22.5. The minimum Gasteiger partial charge on any atom is -0.365 e. The van der Waals surface area contributed by atoms with Gasteiger partial charge in [0.1, 0.15) is 17.1 Å². The third kappa shape index (κ3) is 3.37. The minimum absolute atomic E-state index is 0.357. The van der Waals surface area contributed by atoms with E-state index in [2.05, 4.69) is 10.6 Å². The van der Waals surface area contributed by atoms with Gasteiger partial charge in [-0.25, -0.2) is 4.79 Å². The molecule has 0 saturated carbocycles. The Morgan fingerprint density at radius 3 is 2.66 bits per heavy atom. The van der Waals surface area contributed by atoms with E-state index in [9.17, 15) is 19.2 Å². The molecule has 1 fully saturated rings. The summed E-state index contributed by atoms with van der Waals surface area (Å²) in [5.41, 5.74) is 8.07. The number of rotatable bonds is 4. The molecule has 2 aliphatic carbocycles. The predicted octanol–water partition coefficient (Wildman–Crippen LogP) is 2.14. The van der Waals surface area contributed by atoms with Gasteiger partial charge in [-0.05, 0) is 55.2 Å². The molecule has 1 spiro atoms. The fraction of sp³-hybridized carbons (Fsp3) is 0.391. The van der Waals surface area contributed by atoms with Crippen molar-refractivity contribution >= 4 is 40.1 Å². The molecule has 9 heteroatoms. The van der Waals surface area contributed by atoms with Crippen LogP contribution in [0.15, 0.2) is 24.3 Å². The van der Waals surface area contributed by atoms with E-state index >= 15 is 0 Å². The summed E-state index contributed by atoms with van der Waals surface area (Å²) >= 11 is 1.36. The molecule has 5 rings (SSSR count). The molecule has 4 N–H and O–H groups in total. The van der Waals surface area contributed by atoms with E-state index < -0.39 is 29.9 Å². The molecule has 1 atom stereocenters. The third-order valence-electron chi connectivity index (χ3n) is 6.65. The van der Waals surface area contributed by atoms with Crippen molar-refractivity contribution in [1.82, 2.24) is 10.2 Å². The van der Waals surface area contributed by atoms with Crippen LogP contribution in [-0.4, -0.2) is 40.7 Å². The number of carbonyl (C=O) groups is 4. The third-order valence-corrected chi connectivity index (χ3v) is 7.86. The second-order valence-electron chi connectivity index (χ2n) is 8.68. The summed E-state index contributed by atoms with van der Waals surface area (Å²) < 4.78 is 0. The first-order valence-corrected chi connectivity index (χ1v) is 11.6. The Morgan fingerprint density at radius 2 is 1.88 bits per heavy atom. The fourth-order valence-corrected chi connectivity index (χ4v) is 6.38. The van der Waals surface area contributed by atoms with Crippen molar-refractivity contribution in [3.05, 3.63) is 51.4 Å². The van der Waals surface area contributed by atoms with Crippen LogP contribution in [0.3, 0.4) is 0 Å². The predicted molar refractivity (Wildman–Crippen MR) is 120 cm³/mol. The molecular weight excluding hydrogens is 428 g/mol. The van der Waals surface area contributed by atoms with E-state index in [-0.39, 0.29) is 5.91 Å². The Kier molecular flexibility index (Phi) is 5.00. The number of amides is 5. The van der Waals surface area contributed by atoms with E-state index in [0.717, 1.165) is 46.6 Å². The summed E-state index contributed by atoms with van der Waals surface area (Å²) in [5, 5.41) is 5.97. The molecule has 1 unspecified atom stereocenters. The van der Waals surface area contributed by atoms with Gasteiger partial charge in [-0.2, -0.15) is 0 Å². The Balaban J connectivity index is 1.33. The number of aryl methyl sites for hydroxylation is 2. The normalized spacial score (nSPS) is 21.8. The molecule has 5 amide bonds. The smallest absolute Gasteiger partial charge is 0.325 e. The van der Waals surface area contributed by atoms with E-state index in [1.54, 1.807) is 0 Å². The Labute approximate surface area is 189 Å². The number of thiophene rings is 1. The lowest BCUT2D eigenvalue weighted by Gasteiger charge is -2.32. The molecule has 1 aromatic heterocycles. The second kappa shape index (κ2) is 7.74. The molecule has 32 heavy (non-hydrogen) atoms. The topological polar surface area (TPSA) is 122 Å². The molecule has 0 bridgehead atoms. The first-order chi connectivity index (χ1) is 15.4. The number of nitrogens with one attached hydrogen (secondary N) is 2. The average Bonchev–Trinajstić information content (AvgIpc) is 3.24. The van der Waals surface area contributed by atoms with Gasteiger partial charge in [0, 0.05) is 11.3 Å². The molecule has 3 aliphatic rings. The van der Waals surface area contributed by atoms with Gasteiger partial charge in [-0.15, -0.1) is 11.3 Å². The number of primary amides is 1. The van der Waals surface area contributed by atoms with Crippen LogP contribution in [0.5, 0.6) is 0 Å². The number of hydrogen-bond acceptors (Lipinski definition) is 5. The lowest BCUT2D eigenvalue weighted by atomic mass is 9.78. The number of carbonyl (C=O) groups excluding carboxylic acids is 4. The van der Waals surface area contributed by atoms with E-state index in [4.69, 9.17) is 5.73 Å². The van der Waals surface area contributed by atoms with Crippen molar-refractivity contribution in [2.24, 2.45) is 5.73 Å². The molecule has 2 aromatic rings. The highest BCUT2D eigenvalue weighted by Crippen LogP contribution is 2.38. The maximum Gasteiger partial charge on any atom is 0.325 e. The number of benzene rings is 1. The molecule has 2 heterocycles. The highest BCUT2D eigenvalue weighted by Gasteiger charge is 2.52. The van der Waals surface area contributed by atoms with E-state index in [1.807, 2.05) is 24.3 Å². The quantitative estimate of drug-likeness (QED) is 0.615. The largest absolute Gasteiger partial charge is 0.365 e. The number of hydrogen-bond donors (Lipinski definition) is 3. The molecule has 1 aliphatic heterocycles. The highest BCUT2D eigenvalue weighted by molar-refractivity contribution is 7.17. The summed E-state index contributed by atoms with van der Waals surface area (Å²) in [5.74, 6) is -1.48. The van der Waals surface area contributed by atoms with Crippen LogP contribution < -0.4 is 16.4 Å². The van der Waals surface area contributed by atoms with Crippen LogP contribution in [0, 0.1) is 0 Å². The van der Waals surface area contributed by atoms with Gasteiger partial charge in [0.15, 0.2) is 0 Å². The maximum atomic E-state index is 13.2. The van der Waals surface area contributed by atoms with Crippen molar-refractivity contribution < 1.29 is 19.2 Å². The molecule has 166 valence electrons. The lowest BCUT2D eigenvalue weighted by molar-refractivity contribution is -0.134. The number of anilines is 1. The Bertz CT molecular complexity index is 1160. The first-order valence-electron chi connectivity index (χ1n) is 10.8. The van der Waals surface area contributed by atoms with Crippen LogP contribution in [-0.2, 0) is 35.3 Å². The number of nitrogens with zero attached hydrogens (tertiary/aromatic N) is 1. The van der Waals surface area contributed by atoms with E-state index in [0.29, 0.717) is 29.8 Å². The van der Waals surface area contributed by atoms with Crippen molar-refractivity contribution in [2.45, 2.75) is 50.5 Å². The van der Waals surface area contributed by atoms with Gasteiger partial charge in [0.2, 0.25) is 5.91 Å². The number of fused-ring (bicyclic) bond motifs is 2. The Hall–Kier alpha value is -3.20. The lowest BCUT2D eigenvalue weighted by Crippen LogP contribution is -2.51. The summed E-state index contributed by atoms with van der Waals surface area (Å²) in [6, 6.07) is 7.32. The number of imide groups is 1. The molecule has 1 saturated heterocycles. The van der Waals surface area contributed by atoms with Crippen LogP contribution >= 0.6 is 11.3 Å². The second-order valence-corrected chi connectivity index (χ2v) is 9.78. The van der Waals surface area contributed by atoms with Gasteiger partial charge >= 0.3 is 6.03 Å². The summed E-state index contributed by atoms with van der Waals surface area (Å²) in [6.45, 7) is -0.408. The zero-order valence-corrected chi connectivity index (χ0v) is 18.3. The van der Waals surface area contributed by atoms with Crippen molar-refractivity contribution in [1.29, 1.82) is 0 Å². The van der Waals surface area contributed by atoms with Crippen molar-refractivity contribution in [2.75, 3.05) is 11.9 Å². The Morgan fingerprint density at radius 1 is 1.12 bits per heavy atom. The summed E-state index contributed by atoms with van der Waals surface area (Å²) in [4.78, 5) is 52.7. The van der Waals surface area contributed by atoms with Crippen LogP contribution in [0.25, 0.3) is 0 Å². The zero-order valence-electron chi connectivity index (χ0n) is 17.5. The summed E-state index contributed by atoms with van der Waals surface area (Å²) in [6.07, 6.45) is 5.22. The first kappa shape index (κ1) is 20.7. The van der Waals surface area contributed by atoms with Gasteiger partial charge in [0.25, 0.3) is 11.8 Å². The van der Waals surface area contributed by atoms with Crippen LogP contribution in [0.1, 0.15) is 51.2 Å². The van der Waals surface area contributed by atoms with Gasteiger partial charge in [0.05, 0.1) is 5.56 Å². The van der Waals surface area contributed by atoms with E-state index in [1.165, 1.54) is 16.9 Å². The van der Waals surface area contributed by atoms with Crippen LogP contribution in [0.4, 0.5) is 9.80 Å². The standard InChI is InChI=1S/C23H24N4O4S/c24-19(29)18-15-7-3-4-8-16(15)32-20(18)25-17(28)12-27-21(30)23(26-22(27)31)10-9-13-5-1-2-6-14(13)11-23/h1-2,5-6H,3-4,7-12H2,(H2,24,29)(H,25,28)(H,26,31). The molecule has 8 nitrogen and oxygen atoms in total. The highest BCUT2D eigenvalue weighted by atomic mass is 32.1. The fourth-order valence-electron chi connectivity index (χ4n) is 5.07. The number of urea groups is 1. The molecular formula is C23H24N4O4S. The SMILES string of the molecule is NC(=O)c1c(NC(=O)CN2C(=O)NC3(CCc4ccccc4C3)C2=O)sc2c1CCCC2. The van der Waals surface area contributed by atoms with Gasteiger partial charge in [-0.3, -0.25) is 19.3 Å². The summed E-state index contributed by atoms with van der Waals surface area (Å²) in [7, 11) is 0.